The number of amides is 1. The van der Waals surface area contributed by atoms with Gasteiger partial charge in [-0.05, 0) is 57.0 Å². The van der Waals surface area contributed by atoms with Gasteiger partial charge in [-0.25, -0.2) is 9.97 Å². The smallest absolute Gasteiger partial charge is 0.257 e. The number of rotatable bonds is 6. The van der Waals surface area contributed by atoms with E-state index in [1.54, 1.807) is 12.4 Å². The number of nitrogens with zero attached hydrogens (tertiary/aromatic N) is 7. The average Bonchev–Trinajstić information content (AvgIpc) is 3.23. The summed E-state index contributed by atoms with van der Waals surface area (Å²) >= 11 is 0. The Balaban J connectivity index is 1.35. The maximum atomic E-state index is 13.5. The van der Waals surface area contributed by atoms with E-state index in [9.17, 15) is 4.79 Å². The van der Waals surface area contributed by atoms with Crippen LogP contribution in [0.1, 0.15) is 54.7 Å². The molecule has 0 spiro atoms. The Morgan fingerprint density at radius 2 is 2.00 bits per heavy atom. The maximum Gasteiger partial charge on any atom is 0.257 e. The molecule has 176 valence electrons. The van der Waals surface area contributed by atoms with Crippen molar-refractivity contribution in [2.24, 2.45) is 7.05 Å². The molecule has 6 rings (SSSR count). The third-order valence-electron chi connectivity index (χ3n) is 6.48. The van der Waals surface area contributed by atoms with Crippen LogP contribution in [0.15, 0.2) is 61.4 Å². The van der Waals surface area contributed by atoms with Gasteiger partial charge in [0.15, 0.2) is 5.82 Å². The van der Waals surface area contributed by atoms with Crippen LogP contribution >= 0.6 is 0 Å². The predicted molar refractivity (Wildman–Crippen MR) is 134 cm³/mol. The van der Waals surface area contributed by atoms with Crippen LogP contribution in [0.5, 0.6) is 0 Å². The fraction of sp³-hybridized carbons (Fsp3) is 0.269. The van der Waals surface area contributed by atoms with E-state index >= 15 is 0 Å². The first-order chi connectivity index (χ1) is 17.0. The minimum absolute atomic E-state index is 0.192. The van der Waals surface area contributed by atoms with Crippen molar-refractivity contribution in [2.75, 3.05) is 5.32 Å². The van der Waals surface area contributed by atoms with E-state index in [2.05, 4.69) is 51.6 Å². The SMILES string of the molecule is CC(C)n1cnnc1-c1cccc(NC(=O)c2cc(-n3cnc(C4CC4)c3)cc3c2ccn3C)n1. The lowest BCUT2D eigenvalue weighted by atomic mass is 10.1. The molecule has 4 heterocycles. The molecule has 1 aliphatic carbocycles. The molecule has 1 aliphatic rings. The molecule has 4 aromatic heterocycles. The first-order valence-electron chi connectivity index (χ1n) is 11.8. The van der Waals surface area contributed by atoms with E-state index in [0.29, 0.717) is 28.8 Å². The van der Waals surface area contributed by atoms with Crippen LogP contribution in [0, 0.1) is 0 Å². The van der Waals surface area contributed by atoms with Crippen molar-refractivity contribution in [1.29, 1.82) is 0 Å². The van der Waals surface area contributed by atoms with E-state index in [1.807, 2.05) is 57.5 Å². The van der Waals surface area contributed by atoms with E-state index < -0.39 is 0 Å². The summed E-state index contributed by atoms with van der Waals surface area (Å²) in [6, 6.07) is 11.7. The van der Waals surface area contributed by atoms with Gasteiger partial charge in [-0.1, -0.05) is 6.07 Å². The van der Waals surface area contributed by atoms with E-state index in [0.717, 1.165) is 22.3 Å². The Kier molecular flexibility index (Phi) is 4.98. The third-order valence-corrected chi connectivity index (χ3v) is 6.48. The van der Waals surface area contributed by atoms with Crippen molar-refractivity contribution < 1.29 is 4.79 Å². The standard InChI is InChI=1S/C26H26N8O/c1-16(2)34-15-28-31-25(34)21-5-4-6-24(29-21)30-26(35)20-11-18(12-23-19(20)9-10-32(23)3)33-13-22(27-14-33)17-7-8-17/h4-6,9-17H,7-8H2,1-3H3,(H,29,30,35). The number of aryl methyl sites for hydroxylation is 1. The fourth-order valence-corrected chi connectivity index (χ4v) is 4.38. The number of hydrogen-bond donors (Lipinski definition) is 1. The molecule has 0 atom stereocenters. The molecule has 0 radical (unpaired) electrons. The highest BCUT2D eigenvalue weighted by molar-refractivity contribution is 6.13. The number of benzene rings is 1. The molecule has 0 aliphatic heterocycles. The maximum absolute atomic E-state index is 13.5. The van der Waals surface area contributed by atoms with Crippen molar-refractivity contribution >= 4 is 22.6 Å². The predicted octanol–water partition coefficient (Wildman–Crippen LogP) is 4.73. The van der Waals surface area contributed by atoms with Gasteiger partial charge in [0, 0.05) is 42.5 Å². The Bertz CT molecular complexity index is 1550. The average molecular weight is 467 g/mol. The summed E-state index contributed by atoms with van der Waals surface area (Å²) in [5.41, 5.74) is 4.21. The fourth-order valence-electron chi connectivity index (χ4n) is 4.38. The molecule has 1 amide bonds. The number of pyridine rings is 1. The second kappa shape index (κ2) is 8.19. The Labute approximate surface area is 202 Å². The number of imidazole rings is 1. The Morgan fingerprint density at radius 1 is 1.14 bits per heavy atom. The van der Waals surface area contributed by atoms with Crippen LogP contribution in [0.25, 0.3) is 28.1 Å². The van der Waals surface area contributed by atoms with Crippen molar-refractivity contribution in [3.8, 4) is 17.2 Å². The summed E-state index contributed by atoms with van der Waals surface area (Å²) < 4.78 is 5.96. The van der Waals surface area contributed by atoms with Crippen LogP contribution < -0.4 is 5.32 Å². The van der Waals surface area contributed by atoms with Gasteiger partial charge in [0.25, 0.3) is 5.91 Å². The zero-order valence-corrected chi connectivity index (χ0v) is 19.9. The molecule has 0 saturated heterocycles. The highest BCUT2D eigenvalue weighted by Crippen LogP contribution is 2.39. The van der Waals surface area contributed by atoms with Gasteiger partial charge in [0.1, 0.15) is 17.8 Å². The minimum atomic E-state index is -0.222. The number of nitrogens with one attached hydrogen (secondary N) is 1. The van der Waals surface area contributed by atoms with Crippen molar-refractivity contribution in [2.45, 2.75) is 38.6 Å². The molecule has 9 heteroatoms. The number of carbonyl (C=O) groups is 1. The highest BCUT2D eigenvalue weighted by atomic mass is 16.1. The number of carbonyl (C=O) groups excluding carboxylic acids is 1. The summed E-state index contributed by atoms with van der Waals surface area (Å²) in [4.78, 5) is 22.7. The zero-order valence-electron chi connectivity index (χ0n) is 19.9. The summed E-state index contributed by atoms with van der Waals surface area (Å²) in [6.07, 6.45) is 9.94. The van der Waals surface area contributed by atoms with Crippen LogP contribution in [0.2, 0.25) is 0 Å². The van der Waals surface area contributed by atoms with Gasteiger partial charge in [-0.3, -0.25) is 4.79 Å². The first-order valence-corrected chi connectivity index (χ1v) is 11.8. The summed E-state index contributed by atoms with van der Waals surface area (Å²) in [6.45, 7) is 4.12. The molecule has 9 nitrogen and oxygen atoms in total. The Hall–Kier alpha value is -4.27. The Morgan fingerprint density at radius 3 is 2.80 bits per heavy atom. The van der Waals surface area contributed by atoms with Gasteiger partial charge in [-0.15, -0.1) is 10.2 Å². The number of fused-ring (bicyclic) bond motifs is 1. The van der Waals surface area contributed by atoms with E-state index in [-0.39, 0.29) is 11.9 Å². The zero-order chi connectivity index (χ0) is 24.1. The molecule has 0 bridgehead atoms. The lowest BCUT2D eigenvalue weighted by Crippen LogP contribution is -2.14. The highest BCUT2D eigenvalue weighted by Gasteiger charge is 2.26. The first kappa shape index (κ1) is 21.3. The molecule has 1 aromatic carbocycles. The second-order valence-electron chi connectivity index (χ2n) is 9.35. The van der Waals surface area contributed by atoms with Gasteiger partial charge in [0.05, 0.1) is 23.1 Å². The molecular formula is C26H26N8O. The number of hydrogen-bond acceptors (Lipinski definition) is 5. The number of aromatic nitrogens is 7. The van der Waals surface area contributed by atoms with Crippen LogP contribution in [-0.4, -0.2) is 39.8 Å². The molecular weight excluding hydrogens is 440 g/mol. The normalized spacial score (nSPS) is 13.6. The third kappa shape index (κ3) is 3.88. The largest absolute Gasteiger partial charge is 0.350 e. The van der Waals surface area contributed by atoms with Gasteiger partial charge in [-0.2, -0.15) is 0 Å². The van der Waals surface area contributed by atoms with Crippen molar-refractivity contribution in [3.63, 3.8) is 0 Å². The second-order valence-corrected chi connectivity index (χ2v) is 9.35. The quantitative estimate of drug-likeness (QED) is 0.390. The molecule has 35 heavy (non-hydrogen) atoms. The van der Waals surface area contributed by atoms with Crippen LogP contribution in [0.3, 0.4) is 0 Å². The minimum Gasteiger partial charge on any atom is -0.350 e. The topological polar surface area (TPSA) is 95.5 Å². The molecule has 0 unspecified atom stereocenters. The molecule has 1 saturated carbocycles. The van der Waals surface area contributed by atoms with Crippen molar-refractivity contribution in [1.82, 2.24) is 33.9 Å². The molecule has 1 fully saturated rings. The van der Waals surface area contributed by atoms with Gasteiger partial charge >= 0.3 is 0 Å². The van der Waals surface area contributed by atoms with Crippen molar-refractivity contribution in [3.05, 3.63) is 72.7 Å². The monoisotopic (exact) mass is 466 g/mol. The summed E-state index contributed by atoms with van der Waals surface area (Å²) in [5.74, 6) is 1.47. The lowest BCUT2D eigenvalue weighted by molar-refractivity contribution is 0.102. The van der Waals surface area contributed by atoms with E-state index in [1.165, 1.54) is 12.8 Å². The molecule has 5 aromatic rings. The van der Waals surface area contributed by atoms with Crippen LogP contribution in [-0.2, 0) is 7.05 Å². The van der Waals surface area contributed by atoms with E-state index in [4.69, 9.17) is 0 Å². The van der Waals surface area contributed by atoms with Crippen LogP contribution in [0.4, 0.5) is 5.82 Å². The van der Waals surface area contributed by atoms with Gasteiger partial charge in [0.2, 0.25) is 0 Å². The molecule has 1 N–H and O–H groups in total. The summed E-state index contributed by atoms with van der Waals surface area (Å²) in [7, 11) is 1.98. The number of anilines is 1. The lowest BCUT2D eigenvalue weighted by Gasteiger charge is -2.12. The summed E-state index contributed by atoms with van der Waals surface area (Å²) in [5, 5.41) is 12.1. The van der Waals surface area contributed by atoms with Gasteiger partial charge < -0.3 is 19.0 Å².